The Hall–Kier alpha value is -0.380. The highest BCUT2D eigenvalue weighted by atomic mass is 35.5. The molecule has 0 atom stereocenters. The lowest BCUT2D eigenvalue weighted by Gasteiger charge is -2.17. The first kappa shape index (κ1) is 14.7. The number of likely N-dealkylation sites (N-methyl/N-ethyl adjacent to an activating group) is 1. The van der Waals surface area contributed by atoms with Gasteiger partial charge >= 0.3 is 0 Å². The summed E-state index contributed by atoms with van der Waals surface area (Å²) in [7, 11) is 2.16. The first-order valence-corrected chi connectivity index (χ1v) is 7.67. The molecule has 0 fully saturated rings. The number of hydrogen-bond acceptors (Lipinski definition) is 3. The van der Waals surface area contributed by atoms with Crippen molar-refractivity contribution in [3.8, 4) is 0 Å². The highest BCUT2D eigenvalue weighted by molar-refractivity contribution is 7.98. The van der Waals surface area contributed by atoms with Crippen LogP contribution in [-0.4, -0.2) is 43.6 Å². The van der Waals surface area contributed by atoms with Gasteiger partial charge in [-0.3, -0.25) is 0 Å². The van der Waals surface area contributed by atoms with E-state index in [9.17, 15) is 0 Å². The van der Waals surface area contributed by atoms with Crippen LogP contribution in [0.15, 0.2) is 24.3 Å². The van der Waals surface area contributed by atoms with Crippen LogP contribution < -0.4 is 5.32 Å². The second-order valence-electron chi connectivity index (χ2n) is 4.06. The molecule has 0 aliphatic heterocycles. The Bertz CT molecular complexity index is 320. The molecule has 0 aromatic heterocycles. The molecule has 17 heavy (non-hydrogen) atoms. The van der Waals surface area contributed by atoms with Gasteiger partial charge < -0.3 is 10.2 Å². The van der Waals surface area contributed by atoms with Crippen molar-refractivity contribution in [3.63, 3.8) is 0 Å². The lowest BCUT2D eigenvalue weighted by atomic mass is 10.3. The number of nitrogens with one attached hydrogen (secondary N) is 1. The summed E-state index contributed by atoms with van der Waals surface area (Å²) in [4.78, 5) is 2.35. The maximum absolute atomic E-state index is 6.06. The van der Waals surface area contributed by atoms with Crippen molar-refractivity contribution in [1.29, 1.82) is 0 Å². The van der Waals surface area contributed by atoms with E-state index in [1.165, 1.54) is 12.2 Å². The van der Waals surface area contributed by atoms with Gasteiger partial charge in [-0.2, -0.15) is 11.8 Å². The molecule has 0 amide bonds. The average Bonchev–Trinajstić information content (AvgIpc) is 2.32. The maximum Gasteiger partial charge on any atom is 0.0637 e. The maximum atomic E-state index is 6.06. The number of rotatable bonds is 8. The van der Waals surface area contributed by atoms with Crippen LogP contribution in [0, 0.1) is 0 Å². The number of para-hydroxylation sites is 1. The number of nitrogens with zero attached hydrogens (tertiary/aromatic N) is 1. The van der Waals surface area contributed by atoms with Crippen LogP contribution in [0.1, 0.15) is 6.42 Å². The predicted octanol–water partition coefficient (Wildman–Crippen LogP) is 3.44. The molecule has 96 valence electrons. The van der Waals surface area contributed by atoms with Gasteiger partial charge in [-0.05, 0) is 44.2 Å². The van der Waals surface area contributed by atoms with Crippen LogP contribution >= 0.6 is 23.4 Å². The normalized spacial score (nSPS) is 10.8. The van der Waals surface area contributed by atoms with E-state index in [1.54, 1.807) is 0 Å². The topological polar surface area (TPSA) is 15.3 Å². The Morgan fingerprint density at radius 3 is 2.76 bits per heavy atom. The molecule has 1 N–H and O–H groups in total. The molecular formula is C13H21ClN2S. The summed E-state index contributed by atoms with van der Waals surface area (Å²) >= 11 is 7.97. The van der Waals surface area contributed by atoms with Crippen LogP contribution in [0.4, 0.5) is 5.69 Å². The molecule has 1 rings (SSSR count). The van der Waals surface area contributed by atoms with Gasteiger partial charge in [-0.1, -0.05) is 23.7 Å². The lowest BCUT2D eigenvalue weighted by Crippen LogP contribution is -2.26. The molecule has 4 heteroatoms. The summed E-state index contributed by atoms with van der Waals surface area (Å²) in [5.41, 5.74) is 1.02. The third kappa shape index (κ3) is 6.20. The minimum atomic E-state index is 0.789. The number of hydrogen-bond donors (Lipinski definition) is 1. The first-order valence-electron chi connectivity index (χ1n) is 5.90. The Morgan fingerprint density at radius 1 is 1.29 bits per heavy atom. The van der Waals surface area contributed by atoms with Gasteiger partial charge in [0.1, 0.15) is 0 Å². The summed E-state index contributed by atoms with van der Waals surface area (Å²) in [6, 6.07) is 7.86. The zero-order chi connectivity index (χ0) is 12.5. The molecule has 0 saturated heterocycles. The van der Waals surface area contributed by atoms with Crippen LogP contribution in [0.3, 0.4) is 0 Å². The van der Waals surface area contributed by atoms with Crippen molar-refractivity contribution < 1.29 is 0 Å². The Morgan fingerprint density at radius 2 is 2.06 bits per heavy atom. The number of benzene rings is 1. The van der Waals surface area contributed by atoms with E-state index < -0.39 is 0 Å². The zero-order valence-corrected chi connectivity index (χ0v) is 12.2. The summed E-state index contributed by atoms with van der Waals surface area (Å²) in [6.07, 6.45) is 3.41. The first-order chi connectivity index (χ1) is 8.24. The summed E-state index contributed by atoms with van der Waals surface area (Å²) in [5.74, 6) is 1.24. The third-order valence-corrected chi connectivity index (χ3v) is 3.60. The fourth-order valence-electron chi connectivity index (χ4n) is 1.58. The smallest absolute Gasteiger partial charge is 0.0637 e. The van der Waals surface area contributed by atoms with Crippen molar-refractivity contribution in [2.75, 3.05) is 44.0 Å². The Labute approximate surface area is 114 Å². The fourth-order valence-corrected chi connectivity index (χ4v) is 2.20. The summed E-state index contributed by atoms with van der Waals surface area (Å²) < 4.78 is 0. The summed E-state index contributed by atoms with van der Waals surface area (Å²) in [6.45, 7) is 3.13. The molecule has 2 nitrogen and oxygen atoms in total. The molecule has 0 spiro atoms. The van der Waals surface area contributed by atoms with Crippen molar-refractivity contribution in [3.05, 3.63) is 29.3 Å². The lowest BCUT2D eigenvalue weighted by molar-refractivity contribution is 0.349. The second-order valence-corrected chi connectivity index (χ2v) is 5.45. The van der Waals surface area contributed by atoms with Gasteiger partial charge in [0.05, 0.1) is 10.7 Å². The number of anilines is 1. The second kappa shape index (κ2) is 8.67. The van der Waals surface area contributed by atoms with Crippen molar-refractivity contribution in [2.24, 2.45) is 0 Å². The van der Waals surface area contributed by atoms with Gasteiger partial charge in [0.25, 0.3) is 0 Å². The van der Waals surface area contributed by atoms with Crippen LogP contribution in [0.25, 0.3) is 0 Å². The SMILES string of the molecule is CSCCCN(C)CCNc1ccccc1Cl. The standard InChI is InChI=1S/C13H21ClN2S/c1-16(9-5-11-17-2)10-8-15-13-7-4-3-6-12(13)14/h3-4,6-7,15H,5,8-11H2,1-2H3. The molecule has 0 unspecified atom stereocenters. The van der Waals surface area contributed by atoms with Gasteiger partial charge in [-0.15, -0.1) is 0 Å². The number of thioether (sulfide) groups is 1. The predicted molar refractivity (Wildman–Crippen MR) is 80.4 cm³/mol. The van der Waals surface area contributed by atoms with Crippen LogP contribution in [0.2, 0.25) is 5.02 Å². The number of halogens is 1. The van der Waals surface area contributed by atoms with E-state index >= 15 is 0 Å². The Balaban J connectivity index is 2.17. The molecule has 0 aliphatic carbocycles. The molecule has 1 aromatic rings. The molecule has 0 radical (unpaired) electrons. The van der Waals surface area contributed by atoms with Crippen molar-refractivity contribution in [2.45, 2.75) is 6.42 Å². The fraction of sp³-hybridized carbons (Fsp3) is 0.538. The largest absolute Gasteiger partial charge is 0.383 e. The average molecular weight is 273 g/mol. The van der Waals surface area contributed by atoms with E-state index in [4.69, 9.17) is 11.6 Å². The zero-order valence-electron chi connectivity index (χ0n) is 10.6. The molecule has 1 aromatic carbocycles. The van der Waals surface area contributed by atoms with Crippen molar-refractivity contribution in [1.82, 2.24) is 4.90 Å². The van der Waals surface area contributed by atoms with Gasteiger partial charge in [0.2, 0.25) is 0 Å². The molecule has 0 bridgehead atoms. The Kier molecular flexibility index (Phi) is 7.49. The van der Waals surface area contributed by atoms with Gasteiger partial charge in [0.15, 0.2) is 0 Å². The quantitative estimate of drug-likeness (QED) is 0.730. The monoisotopic (exact) mass is 272 g/mol. The van der Waals surface area contributed by atoms with E-state index in [0.717, 1.165) is 30.3 Å². The van der Waals surface area contributed by atoms with Gasteiger partial charge in [0, 0.05) is 13.1 Å². The van der Waals surface area contributed by atoms with Crippen LogP contribution in [0.5, 0.6) is 0 Å². The summed E-state index contributed by atoms with van der Waals surface area (Å²) in [5, 5.41) is 4.14. The molecular weight excluding hydrogens is 252 g/mol. The van der Waals surface area contributed by atoms with E-state index in [1.807, 2.05) is 36.0 Å². The molecule has 0 aliphatic rings. The van der Waals surface area contributed by atoms with E-state index in [2.05, 4.69) is 23.5 Å². The molecule has 0 saturated carbocycles. The van der Waals surface area contributed by atoms with Crippen LogP contribution in [-0.2, 0) is 0 Å². The highest BCUT2D eigenvalue weighted by Gasteiger charge is 2.00. The van der Waals surface area contributed by atoms with E-state index in [-0.39, 0.29) is 0 Å². The van der Waals surface area contributed by atoms with E-state index in [0.29, 0.717) is 0 Å². The minimum absolute atomic E-state index is 0.789. The van der Waals surface area contributed by atoms with Crippen molar-refractivity contribution >= 4 is 29.1 Å². The third-order valence-electron chi connectivity index (χ3n) is 2.57. The van der Waals surface area contributed by atoms with Gasteiger partial charge in [-0.25, -0.2) is 0 Å². The highest BCUT2D eigenvalue weighted by Crippen LogP contribution is 2.19. The molecule has 0 heterocycles. The minimum Gasteiger partial charge on any atom is -0.383 e.